The fourth-order valence-electron chi connectivity index (χ4n) is 5.80. The van der Waals surface area contributed by atoms with Gasteiger partial charge < -0.3 is 20.3 Å². The zero-order chi connectivity index (χ0) is 22.7. The maximum absolute atomic E-state index is 13.0. The first-order valence-corrected chi connectivity index (χ1v) is 12.5. The third-order valence-electron chi connectivity index (χ3n) is 7.74. The van der Waals surface area contributed by atoms with E-state index in [9.17, 15) is 19.4 Å². The lowest BCUT2D eigenvalue weighted by Crippen LogP contribution is -2.32. The number of hydrogen-bond donors (Lipinski definition) is 3. The number of ether oxygens (including phenoxy) is 1. The molecule has 6 heteroatoms. The van der Waals surface area contributed by atoms with Crippen molar-refractivity contribution in [3.8, 4) is 5.75 Å². The second-order valence-corrected chi connectivity index (χ2v) is 10.1. The van der Waals surface area contributed by atoms with Gasteiger partial charge in [-0.1, -0.05) is 38.3 Å². The summed E-state index contributed by atoms with van der Waals surface area (Å²) < 4.78 is 18.8. The van der Waals surface area contributed by atoms with Crippen LogP contribution in [0.5, 0.6) is 5.75 Å². The highest BCUT2D eigenvalue weighted by atomic mass is 19.1. The van der Waals surface area contributed by atoms with E-state index >= 15 is 0 Å². The predicted octanol–water partition coefficient (Wildman–Crippen LogP) is 3.73. The topological polar surface area (TPSA) is 78.8 Å². The van der Waals surface area contributed by atoms with Crippen LogP contribution in [0.25, 0.3) is 0 Å². The average molecular weight is 448 g/mol. The van der Waals surface area contributed by atoms with Gasteiger partial charge >= 0.3 is 0 Å². The van der Waals surface area contributed by atoms with Crippen LogP contribution >= 0.6 is 0 Å². The number of fused-ring (bicyclic) bond motifs is 2. The Morgan fingerprint density at radius 3 is 2.81 bits per heavy atom. The van der Waals surface area contributed by atoms with Gasteiger partial charge in [0.05, 0.1) is 18.2 Å². The molecule has 178 valence electrons. The maximum atomic E-state index is 13.0. The fraction of sp³-hybridized carbons (Fsp3) is 0.731. The summed E-state index contributed by atoms with van der Waals surface area (Å²) in [4.78, 5) is 12.0. The van der Waals surface area contributed by atoms with E-state index in [-0.39, 0.29) is 36.7 Å². The summed E-state index contributed by atoms with van der Waals surface area (Å²) in [6, 6.07) is 5.64. The lowest BCUT2D eigenvalue weighted by Gasteiger charge is -2.32. The molecule has 0 heterocycles. The molecule has 0 saturated heterocycles. The number of hydrogen-bond acceptors (Lipinski definition) is 4. The highest BCUT2D eigenvalue weighted by molar-refractivity contribution is 5.78. The van der Waals surface area contributed by atoms with Gasteiger partial charge in [-0.05, 0) is 73.5 Å². The smallest absolute Gasteiger partial charge is 0.258 e. The van der Waals surface area contributed by atoms with E-state index in [0.717, 1.165) is 69.1 Å². The molecule has 1 aromatic rings. The van der Waals surface area contributed by atoms with E-state index < -0.39 is 6.17 Å². The summed E-state index contributed by atoms with van der Waals surface area (Å²) in [5.41, 5.74) is 2.38. The predicted molar refractivity (Wildman–Crippen MR) is 121 cm³/mol. The quantitative estimate of drug-likeness (QED) is 0.452. The average Bonchev–Trinajstić information content (AvgIpc) is 3.36. The number of halogens is 1. The summed E-state index contributed by atoms with van der Waals surface area (Å²) in [5.74, 6) is 1.51. The van der Waals surface area contributed by atoms with Crippen molar-refractivity contribution >= 4 is 5.91 Å². The monoisotopic (exact) mass is 447 g/mol. The summed E-state index contributed by atoms with van der Waals surface area (Å²) in [6.45, 7) is 2.07. The minimum Gasteiger partial charge on any atom is -0.483 e. The number of aliphatic hydroxyl groups excluding tert-OH is 2. The molecule has 4 rings (SSSR count). The molecule has 0 spiro atoms. The van der Waals surface area contributed by atoms with Crippen molar-refractivity contribution in [1.29, 1.82) is 0 Å². The van der Waals surface area contributed by atoms with Crippen LogP contribution in [-0.2, 0) is 17.6 Å². The molecule has 0 unspecified atom stereocenters. The maximum Gasteiger partial charge on any atom is 0.258 e. The van der Waals surface area contributed by atoms with Crippen LogP contribution in [0, 0.1) is 17.8 Å². The second kappa shape index (κ2) is 10.5. The molecular formula is C26H38FNO4. The van der Waals surface area contributed by atoms with Crippen LogP contribution in [-0.4, -0.2) is 47.1 Å². The molecule has 3 N–H and O–H groups in total. The molecule has 2 fully saturated rings. The first-order chi connectivity index (χ1) is 15.5. The van der Waals surface area contributed by atoms with E-state index in [1.165, 1.54) is 5.56 Å². The zero-order valence-corrected chi connectivity index (χ0v) is 19.1. The molecule has 5 nitrogen and oxygen atoms in total. The number of nitrogens with one attached hydrogen (secondary N) is 1. The normalized spacial score (nSPS) is 31.5. The molecule has 0 bridgehead atoms. The molecule has 3 aliphatic rings. The van der Waals surface area contributed by atoms with Crippen molar-refractivity contribution in [2.75, 3.05) is 6.61 Å². The molecule has 1 amide bonds. The first kappa shape index (κ1) is 23.5. The summed E-state index contributed by atoms with van der Waals surface area (Å²) in [7, 11) is 0. The van der Waals surface area contributed by atoms with E-state index in [4.69, 9.17) is 4.74 Å². The third kappa shape index (κ3) is 5.63. The van der Waals surface area contributed by atoms with Gasteiger partial charge in [0.15, 0.2) is 6.61 Å². The number of unbranched alkanes of at least 4 members (excludes halogenated alkanes) is 2. The number of benzene rings is 1. The van der Waals surface area contributed by atoms with E-state index in [2.05, 4.69) is 18.3 Å². The van der Waals surface area contributed by atoms with Crippen LogP contribution in [0.3, 0.4) is 0 Å². The van der Waals surface area contributed by atoms with Crippen molar-refractivity contribution in [2.24, 2.45) is 17.8 Å². The third-order valence-corrected chi connectivity index (χ3v) is 7.74. The van der Waals surface area contributed by atoms with Crippen molar-refractivity contribution in [3.05, 3.63) is 29.3 Å². The minimum absolute atomic E-state index is 0.102. The Balaban J connectivity index is 1.33. The Morgan fingerprint density at radius 2 is 2.06 bits per heavy atom. The Kier molecular flexibility index (Phi) is 7.72. The number of alkyl halides is 1. The Bertz CT molecular complexity index is 787. The van der Waals surface area contributed by atoms with Crippen LogP contribution in [0.4, 0.5) is 4.39 Å². The Labute approximate surface area is 190 Å². The van der Waals surface area contributed by atoms with Gasteiger partial charge in [-0.2, -0.15) is 0 Å². The van der Waals surface area contributed by atoms with Gasteiger partial charge in [0.1, 0.15) is 11.9 Å². The minimum atomic E-state index is -0.917. The highest BCUT2D eigenvalue weighted by Crippen LogP contribution is 2.48. The Morgan fingerprint density at radius 1 is 1.25 bits per heavy atom. The van der Waals surface area contributed by atoms with E-state index in [0.29, 0.717) is 18.3 Å². The van der Waals surface area contributed by atoms with E-state index in [1.54, 1.807) is 0 Å². The molecule has 3 aliphatic carbocycles. The molecule has 1 aromatic carbocycles. The highest BCUT2D eigenvalue weighted by Gasteiger charge is 2.45. The summed E-state index contributed by atoms with van der Waals surface area (Å²) in [6.07, 6.45) is 7.32. The SMILES string of the molecule is CCCCC[C@H](O)CC[C@@H]1[C@H]2Cc3cccc(OCC(=O)N[C@H]4C[C@H]4F)c3C[C@H]2C[C@H]1O. The van der Waals surface area contributed by atoms with Crippen LogP contribution in [0.2, 0.25) is 0 Å². The zero-order valence-electron chi connectivity index (χ0n) is 19.1. The summed E-state index contributed by atoms with van der Waals surface area (Å²) in [5, 5.41) is 23.8. The number of carbonyl (C=O) groups excluding carboxylic acids is 1. The lowest BCUT2D eigenvalue weighted by atomic mass is 9.73. The van der Waals surface area contributed by atoms with E-state index in [1.807, 2.05) is 12.1 Å². The molecule has 0 aromatic heterocycles. The van der Waals surface area contributed by atoms with Crippen molar-refractivity contribution in [1.82, 2.24) is 5.32 Å². The lowest BCUT2D eigenvalue weighted by molar-refractivity contribution is -0.123. The number of rotatable bonds is 11. The van der Waals surface area contributed by atoms with Gasteiger partial charge in [-0.3, -0.25) is 4.79 Å². The number of carbonyl (C=O) groups is 1. The fourth-order valence-corrected chi connectivity index (χ4v) is 5.80. The van der Waals surface area contributed by atoms with Crippen molar-refractivity contribution in [3.63, 3.8) is 0 Å². The van der Waals surface area contributed by atoms with Crippen LogP contribution < -0.4 is 10.1 Å². The van der Waals surface area contributed by atoms with Crippen molar-refractivity contribution < 1.29 is 24.1 Å². The Hall–Kier alpha value is -1.66. The summed E-state index contributed by atoms with van der Waals surface area (Å²) >= 11 is 0. The number of amides is 1. The molecule has 2 saturated carbocycles. The molecule has 0 aliphatic heterocycles. The first-order valence-electron chi connectivity index (χ1n) is 12.5. The van der Waals surface area contributed by atoms with Gasteiger partial charge in [0.25, 0.3) is 5.91 Å². The standard InChI is InChI=1S/C26H38FNO4/c1-2-3-4-7-18(29)9-10-19-20-11-16-6-5-8-25(21(16)12-17(20)13-24(19)30)32-15-26(31)28-23-14-22(23)27/h5-6,8,17-20,22-24,29-30H,2-4,7,9-15H2,1H3,(H,28,31)/t17-,18-,19+,20-,22+,23-,24+/m0/s1. The van der Waals surface area contributed by atoms with Gasteiger partial charge in [0.2, 0.25) is 0 Å². The largest absolute Gasteiger partial charge is 0.483 e. The van der Waals surface area contributed by atoms with Crippen LogP contribution in [0.15, 0.2) is 18.2 Å². The molecular weight excluding hydrogens is 409 g/mol. The molecule has 0 radical (unpaired) electrons. The van der Waals surface area contributed by atoms with Gasteiger partial charge in [0, 0.05) is 6.42 Å². The van der Waals surface area contributed by atoms with Gasteiger partial charge in [-0.15, -0.1) is 0 Å². The number of aliphatic hydroxyl groups is 2. The van der Waals surface area contributed by atoms with Gasteiger partial charge in [-0.25, -0.2) is 4.39 Å². The second-order valence-electron chi connectivity index (χ2n) is 10.1. The van der Waals surface area contributed by atoms with Crippen LogP contribution in [0.1, 0.15) is 69.4 Å². The molecule has 7 atom stereocenters. The molecule has 32 heavy (non-hydrogen) atoms. The van der Waals surface area contributed by atoms with Crippen molar-refractivity contribution in [2.45, 2.75) is 95.6 Å².